The monoisotopic (exact) mass is 285 g/mol. The van der Waals surface area contributed by atoms with E-state index in [1.54, 1.807) is 0 Å². The first-order valence-electron chi connectivity index (χ1n) is 4.51. The van der Waals surface area contributed by atoms with E-state index in [0.29, 0.717) is 0 Å². The molecule has 0 spiro atoms. The van der Waals surface area contributed by atoms with Crippen LogP contribution in [0.15, 0.2) is 11.1 Å². The van der Waals surface area contributed by atoms with Gasteiger partial charge in [-0.05, 0) is 0 Å². The molecule has 0 saturated heterocycles. The summed E-state index contributed by atoms with van der Waals surface area (Å²) in [4.78, 5) is 10.5. The third-order valence-corrected chi connectivity index (χ3v) is 3.07. The average Bonchev–Trinajstić information content (AvgIpc) is 2.74. The summed E-state index contributed by atoms with van der Waals surface area (Å²) in [6.07, 6.45) is 0. The van der Waals surface area contributed by atoms with Gasteiger partial charge in [0.15, 0.2) is 10.7 Å². The third-order valence-electron chi connectivity index (χ3n) is 1.70. The van der Waals surface area contributed by atoms with Crippen LogP contribution in [0.5, 0.6) is 0 Å². The lowest BCUT2D eigenvalue weighted by Gasteiger charge is -2.04. The van der Waals surface area contributed by atoms with Gasteiger partial charge in [-0.2, -0.15) is 13.9 Å². The van der Waals surface area contributed by atoms with Gasteiger partial charge in [0, 0.05) is 12.6 Å². The first kappa shape index (κ1) is 14.5. The number of sulfonamides is 1. The molecule has 1 heterocycles. The van der Waals surface area contributed by atoms with Gasteiger partial charge in [0.25, 0.3) is 10.0 Å². The van der Waals surface area contributed by atoms with E-state index in [4.69, 9.17) is 5.11 Å². The zero-order valence-corrected chi connectivity index (χ0v) is 9.58. The van der Waals surface area contributed by atoms with Gasteiger partial charge in [0.05, 0.1) is 6.61 Å². The number of aromatic amines is 1. The van der Waals surface area contributed by atoms with Crippen molar-refractivity contribution in [2.45, 2.75) is 11.6 Å². The zero-order chi connectivity index (χ0) is 13.8. The van der Waals surface area contributed by atoms with Crippen molar-refractivity contribution in [3.8, 4) is 0 Å². The fraction of sp³-hybridized carbons (Fsp3) is 0.429. The van der Waals surface area contributed by atoms with Crippen molar-refractivity contribution in [2.75, 3.05) is 13.2 Å². The SMILES string of the molecule is O=C(O)c1cc(S(=O)(=O)NCCOC(F)F)[nH]n1. The number of nitrogens with one attached hydrogen (secondary N) is 2. The molecule has 0 atom stereocenters. The summed E-state index contributed by atoms with van der Waals surface area (Å²) >= 11 is 0. The Hall–Kier alpha value is -1.59. The Kier molecular flexibility index (Phi) is 4.69. The predicted octanol–water partition coefficient (Wildman–Crippen LogP) is -0.375. The normalized spacial score (nSPS) is 11.9. The maximum Gasteiger partial charge on any atom is 0.356 e. The number of nitrogens with zero attached hydrogens (tertiary/aromatic N) is 1. The standard InChI is InChI=1S/C7H9F2N3O5S/c8-7(9)17-2-1-10-18(15,16)5-3-4(6(13)14)11-12-5/h3,7,10H,1-2H2,(H,11,12)(H,13,14). The fourth-order valence-corrected chi connectivity index (χ4v) is 1.89. The molecule has 0 aliphatic rings. The van der Waals surface area contributed by atoms with E-state index in [9.17, 15) is 22.0 Å². The van der Waals surface area contributed by atoms with E-state index in [0.717, 1.165) is 6.07 Å². The Balaban J connectivity index is 2.60. The topological polar surface area (TPSA) is 121 Å². The molecule has 102 valence electrons. The zero-order valence-electron chi connectivity index (χ0n) is 8.76. The second-order valence-electron chi connectivity index (χ2n) is 2.95. The van der Waals surface area contributed by atoms with Crippen molar-refractivity contribution in [3.05, 3.63) is 11.8 Å². The number of ether oxygens (including phenoxy) is 1. The van der Waals surface area contributed by atoms with Crippen LogP contribution in [0.3, 0.4) is 0 Å². The molecule has 1 aromatic heterocycles. The van der Waals surface area contributed by atoms with Crippen LogP contribution in [-0.2, 0) is 14.8 Å². The Bertz CT molecular complexity index is 515. The number of carboxylic acids is 1. The molecule has 0 amide bonds. The van der Waals surface area contributed by atoms with Gasteiger partial charge in [-0.15, -0.1) is 0 Å². The van der Waals surface area contributed by atoms with Gasteiger partial charge >= 0.3 is 12.6 Å². The number of rotatable bonds is 7. The summed E-state index contributed by atoms with van der Waals surface area (Å²) in [6.45, 7) is -3.88. The van der Waals surface area contributed by atoms with Gasteiger partial charge in [-0.3, -0.25) is 5.10 Å². The van der Waals surface area contributed by atoms with Gasteiger partial charge in [-0.1, -0.05) is 0 Å². The van der Waals surface area contributed by atoms with E-state index in [1.807, 2.05) is 9.82 Å². The maximum absolute atomic E-state index is 11.6. The third kappa shape index (κ3) is 4.01. The number of alkyl halides is 2. The van der Waals surface area contributed by atoms with Crippen molar-refractivity contribution >= 4 is 16.0 Å². The summed E-state index contributed by atoms with van der Waals surface area (Å²) in [6, 6.07) is 0.804. The molecule has 0 saturated carbocycles. The molecule has 11 heteroatoms. The van der Waals surface area contributed by atoms with Crippen LogP contribution in [-0.4, -0.2) is 49.5 Å². The number of carboxylic acid groups (broad SMARTS) is 1. The first-order chi connectivity index (χ1) is 8.33. The first-order valence-corrected chi connectivity index (χ1v) is 5.99. The minimum atomic E-state index is -4.03. The molecule has 0 aromatic carbocycles. The fourth-order valence-electron chi connectivity index (χ4n) is 0.953. The maximum atomic E-state index is 11.6. The summed E-state index contributed by atoms with van der Waals surface area (Å²) in [5.74, 6) is -1.39. The molecule has 0 fully saturated rings. The molecule has 0 unspecified atom stereocenters. The van der Waals surface area contributed by atoms with Gasteiger partial charge < -0.3 is 9.84 Å². The second-order valence-corrected chi connectivity index (χ2v) is 4.69. The smallest absolute Gasteiger partial charge is 0.356 e. The van der Waals surface area contributed by atoms with E-state index >= 15 is 0 Å². The van der Waals surface area contributed by atoms with Gasteiger partial charge in [0.2, 0.25) is 0 Å². The highest BCUT2D eigenvalue weighted by atomic mass is 32.2. The number of hydrogen-bond donors (Lipinski definition) is 3. The van der Waals surface area contributed by atoms with Crippen LogP contribution >= 0.6 is 0 Å². The van der Waals surface area contributed by atoms with Crippen LogP contribution in [0.4, 0.5) is 8.78 Å². The number of H-pyrrole nitrogens is 1. The molecule has 1 rings (SSSR count). The molecule has 0 aliphatic heterocycles. The predicted molar refractivity (Wildman–Crippen MR) is 52.7 cm³/mol. The van der Waals surface area contributed by atoms with Crippen molar-refractivity contribution in [1.82, 2.24) is 14.9 Å². The quantitative estimate of drug-likeness (QED) is 0.587. The number of halogens is 2. The second kappa shape index (κ2) is 5.84. The molecular formula is C7H9F2N3O5S. The highest BCUT2D eigenvalue weighted by molar-refractivity contribution is 7.89. The summed E-state index contributed by atoms with van der Waals surface area (Å²) in [7, 11) is -4.03. The van der Waals surface area contributed by atoms with E-state index < -0.39 is 39.9 Å². The molecule has 3 N–H and O–H groups in total. The number of carbonyl (C=O) groups is 1. The van der Waals surface area contributed by atoms with Crippen molar-refractivity contribution in [2.24, 2.45) is 0 Å². The molecule has 1 aromatic rings. The minimum Gasteiger partial charge on any atom is -0.476 e. The lowest BCUT2D eigenvalue weighted by Crippen LogP contribution is -2.28. The van der Waals surface area contributed by atoms with Crippen molar-refractivity contribution in [3.63, 3.8) is 0 Å². The highest BCUT2D eigenvalue weighted by Crippen LogP contribution is 2.06. The molecule has 0 bridgehead atoms. The minimum absolute atomic E-state index is 0.381. The average molecular weight is 285 g/mol. The lowest BCUT2D eigenvalue weighted by atomic mass is 10.4. The van der Waals surface area contributed by atoms with Crippen molar-refractivity contribution in [1.29, 1.82) is 0 Å². The van der Waals surface area contributed by atoms with Crippen LogP contribution in [0.1, 0.15) is 10.5 Å². The van der Waals surface area contributed by atoms with Crippen molar-refractivity contribution < 1.29 is 31.8 Å². The number of hydrogen-bond acceptors (Lipinski definition) is 5. The Morgan fingerprint density at radius 2 is 2.28 bits per heavy atom. The van der Waals surface area contributed by atoms with Gasteiger partial charge in [0.1, 0.15) is 0 Å². The van der Waals surface area contributed by atoms with Gasteiger partial charge in [-0.25, -0.2) is 17.9 Å². The number of aromatic nitrogens is 2. The summed E-state index contributed by atoms with van der Waals surface area (Å²) in [5.41, 5.74) is -0.473. The van der Waals surface area contributed by atoms with Crippen LogP contribution in [0.25, 0.3) is 0 Å². The lowest BCUT2D eigenvalue weighted by molar-refractivity contribution is -0.126. The molecule has 0 radical (unpaired) electrons. The Labute approximate surface area is 100.0 Å². The summed E-state index contributed by atoms with van der Waals surface area (Å²) in [5, 5.41) is 13.3. The Morgan fingerprint density at radius 3 is 2.78 bits per heavy atom. The van der Waals surface area contributed by atoms with Crippen LogP contribution in [0.2, 0.25) is 0 Å². The van der Waals surface area contributed by atoms with E-state index in [2.05, 4.69) is 9.84 Å². The molecule has 8 nitrogen and oxygen atoms in total. The van der Waals surface area contributed by atoms with E-state index in [-0.39, 0.29) is 6.54 Å². The van der Waals surface area contributed by atoms with Crippen LogP contribution < -0.4 is 4.72 Å². The van der Waals surface area contributed by atoms with E-state index in [1.165, 1.54) is 0 Å². The Morgan fingerprint density at radius 1 is 1.61 bits per heavy atom. The summed E-state index contributed by atoms with van der Waals surface area (Å²) < 4.78 is 51.9. The molecular weight excluding hydrogens is 276 g/mol. The molecule has 18 heavy (non-hydrogen) atoms. The highest BCUT2D eigenvalue weighted by Gasteiger charge is 2.19. The van der Waals surface area contributed by atoms with Crippen LogP contribution in [0, 0.1) is 0 Å². The largest absolute Gasteiger partial charge is 0.476 e. The number of aromatic carboxylic acids is 1. The molecule has 0 aliphatic carbocycles.